The minimum absolute atomic E-state index is 0.177. The summed E-state index contributed by atoms with van der Waals surface area (Å²) in [5, 5.41) is 6.87. The molecule has 0 saturated heterocycles. The van der Waals surface area contributed by atoms with Gasteiger partial charge in [0.15, 0.2) is 12.4 Å². The molecule has 0 radical (unpaired) electrons. The van der Waals surface area contributed by atoms with Gasteiger partial charge in [0, 0.05) is 22.1 Å². The van der Waals surface area contributed by atoms with Gasteiger partial charge in [-0.2, -0.15) is 0 Å². The van der Waals surface area contributed by atoms with Gasteiger partial charge in [-0.3, -0.25) is 4.79 Å². The Balaban J connectivity index is 1.55. The molecule has 0 heterocycles. The Labute approximate surface area is 175 Å². The van der Waals surface area contributed by atoms with E-state index in [0.29, 0.717) is 26.0 Å². The second-order valence-corrected chi connectivity index (χ2v) is 7.30. The normalized spacial score (nSPS) is 10.3. The van der Waals surface area contributed by atoms with E-state index in [2.05, 4.69) is 26.6 Å². The average Bonchev–Trinajstić information content (AvgIpc) is 2.63. The fourth-order valence-electron chi connectivity index (χ4n) is 2.33. The van der Waals surface area contributed by atoms with E-state index in [9.17, 15) is 4.79 Å². The molecular formula is C20H15BrCl2N2O2. The van der Waals surface area contributed by atoms with Crippen LogP contribution in [0, 0.1) is 0 Å². The molecule has 0 aliphatic rings. The predicted molar refractivity (Wildman–Crippen MR) is 114 cm³/mol. The van der Waals surface area contributed by atoms with Crippen LogP contribution >= 0.6 is 39.1 Å². The first-order chi connectivity index (χ1) is 13.0. The second kappa shape index (κ2) is 9.13. The van der Waals surface area contributed by atoms with Gasteiger partial charge in [-0.05, 0) is 64.5 Å². The number of anilines is 3. The van der Waals surface area contributed by atoms with Gasteiger partial charge in [0.25, 0.3) is 5.91 Å². The summed E-state index contributed by atoms with van der Waals surface area (Å²) < 4.78 is 6.08. The highest BCUT2D eigenvalue weighted by molar-refractivity contribution is 9.10. The molecule has 27 heavy (non-hydrogen) atoms. The Morgan fingerprint density at radius 3 is 2.22 bits per heavy atom. The minimum atomic E-state index is -0.295. The number of benzene rings is 3. The van der Waals surface area contributed by atoms with Crippen LogP contribution in [-0.4, -0.2) is 12.5 Å². The monoisotopic (exact) mass is 464 g/mol. The Kier molecular flexibility index (Phi) is 6.61. The Bertz CT molecular complexity index is 911. The number of hydrogen-bond donors (Lipinski definition) is 2. The number of ether oxygens (including phenoxy) is 1. The Morgan fingerprint density at radius 2 is 1.56 bits per heavy atom. The van der Waals surface area contributed by atoms with Gasteiger partial charge in [-0.25, -0.2) is 0 Å². The molecule has 3 aromatic carbocycles. The molecule has 0 atom stereocenters. The number of hydrogen-bond acceptors (Lipinski definition) is 3. The van der Waals surface area contributed by atoms with E-state index in [1.165, 1.54) is 0 Å². The smallest absolute Gasteiger partial charge is 0.262 e. The number of para-hydroxylation sites is 1. The molecule has 2 N–H and O–H groups in total. The molecule has 0 unspecified atom stereocenters. The number of nitrogens with one attached hydrogen (secondary N) is 2. The first-order valence-corrected chi connectivity index (χ1v) is 9.55. The van der Waals surface area contributed by atoms with E-state index in [1.807, 2.05) is 54.6 Å². The van der Waals surface area contributed by atoms with Crippen molar-refractivity contribution in [2.75, 3.05) is 17.2 Å². The fourth-order valence-corrected chi connectivity index (χ4v) is 3.70. The molecule has 0 saturated carbocycles. The number of carbonyl (C=O) groups is 1. The zero-order valence-electron chi connectivity index (χ0n) is 14.0. The lowest BCUT2D eigenvalue weighted by molar-refractivity contribution is -0.118. The SMILES string of the molecule is O=C(COc1c(Cl)cc(Cl)cc1Br)Nc1ccc(Nc2ccccc2)cc1. The summed E-state index contributed by atoms with van der Waals surface area (Å²) in [6, 6.07) is 20.4. The number of rotatable bonds is 6. The third-order valence-corrected chi connectivity index (χ3v) is 4.63. The average molecular weight is 466 g/mol. The summed E-state index contributed by atoms with van der Waals surface area (Å²) >= 11 is 15.3. The van der Waals surface area contributed by atoms with E-state index < -0.39 is 0 Å². The predicted octanol–water partition coefficient (Wildman–Crippen LogP) is 6.52. The number of halogens is 3. The van der Waals surface area contributed by atoms with Crippen LogP contribution < -0.4 is 15.4 Å². The van der Waals surface area contributed by atoms with E-state index in [0.717, 1.165) is 11.4 Å². The lowest BCUT2D eigenvalue weighted by atomic mass is 10.2. The lowest BCUT2D eigenvalue weighted by Gasteiger charge is -2.11. The van der Waals surface area contributed by atoms with Crippen LogP contribution in [0.5, 0.6) is 5.75 Å². The third-order valence-electron chi connectivity index (χ3n) is 3.54. The maximum Gasteiger partial charge on any atom is 0.262 e. The molecule has 0 bridgehead atoms. The van der Waals surface area contributed by atoms with Gasteiger partial charge < -0.3 is 15.4 Å². The van der Waals surface area contributed by atoms with E-state index in [1.54, 1.807) is 12.1 Å². The van der Waals surface area contributed by atoms with Crippen LogP contribution in [0.3, 0.4) is 0 Å². The van der Waals surface area contributed by atoms with Crippen molar-refractivity contribution in [1.29, 1.82) is 0 Å². The molecule has 0 aliphatic heterocycles. The minimum Gasteiger partial charge on any atom is -0.481 e. The largest absolute Gasteiger partial charge is 0.481 e. The van der Waals surface area contributed by atoms with Gasteiger partial charge in [0.1, 0.15) is 0 Å². The number of amides is 1. The standard InChI is InChI=1S/C20H15BrCl2N2O2/c21-17-10-13(22)11-18(23)20(17)27-12-19(26)25-16-8-6-15(7-9-16)24-14-4-2-1-3-5-14/h1-11,24H,12H2,(H,25,26). The highest BCUT2D eigenvalue weighted by Crippen LogP contribution is 2.36. The van der Waals surface area contributed by atoms with E-state index in [-0.39, 0.29) is 12.5 Å². The molecule has 0 aliphatic carbocycles. The maximum atomic E-state index is 12.1. The summed E-state index contributed by atoms with van der Waals surface area (Å²) in [6.45, 7) is -0.177. The van der Waals surface area contributed by atoms with E-state index in [4.69, 9.17) is 27.9 Å². The van der Waals surface area contributed by atoms with Crippen LogP contribution in [-0.2, 0) is 4.79 Å². The number of carbonyl (C=O) groups excluding carboxylic acids is 1. The van der Waals surface area contributed by atoms with Gasteiger partial charge in [-0.1, -0.05) is 41.4 Å². The molecule has 4 nitrogen and oxygen atoms in total. The summed E-state index contributed by atoms with van der Waals surface area (Å²) in [7, 11) is 0. The van der Waals surface area contributed by atoms with Crippen molar-refractivity contribution in [3.63, 3.8) is 0 Å². The van der Waals surface area contributed by atoms with Gasteiger partial charge in [-0.15, -0.1) is 0 Å². The Morgan fingerprint density at radius 1 is 0.926 bits per heavy atom. The summed E-state index contributed by atoms with van der Waals surface area (Å²) in [5.41, 5.74) is 2.59. The molecule has 0 fully saturated rings. The van der Waals surface area contributed by atoms with Crippen molar-refractivity contribution in [2.45, 2.75) is 0 Å². The van der Waals surface area contributed by atoms with E-state index >= 15 is 0 Å². The molecule has 138 valence electrons. The molecule has 3 rings (SSSR count). The van der Waals surface area contributed by atoms with Crippen LogP contribution in [0.1, 0.15) is 0 Å². The highest BCUT2D eigenvalue weighted by Gasteiger charge is 2.11. The van der Waals surface area contributed by atoms with Crippen LogP contribution in [0.4, 0.5) is 17.1 Å². The maximum absolute atomic E-state index is 12.1. The summed E-state index contributed by atoms with van der Waals surface area (Å²) in [5.74, 6) is 0.0790. The van der Waals surface area contributed by atoms with Crippen LogP contribution in [0.2, 0.25) is 10.0 Å². The quantitative estimate of drug-likeness (QED) is 0.435. The molecular weight excluding hydrogens is 451 g/mol. The summed E-state index contributed by atoms with van der Waals surface area (Å²) in [6.07, 6.45) is 0. The topological polar surface area (TPSA) is 50.4 Å². The van der Waals surface area contributed by atoms with Crippen molar-refractivity contribution >= 4 is 62.1 Å². The highest BCUT2D eigenvalue weighted by atomic mass is 79.9. The van der Waals surface area contributed by atoms with Crippen molar-refractivity contribution < 1.29 is 9.53 Å². The van der Waals surface area contributed by atoms with Crippen LogP contribution in [0.15, 0.2) is 71.2 Å². The van der Waals surface area contributed by atoms with Crippen LogP contribution in [0.25, 0.3) is 0 Å². The van der Waals surface area contributed by atoms with Crippen molar-refractivity contribution in [3.05, 3.63) is 81.2 Å². The van der Waals surface area contributed by atoms with Gasteiger partial charge in [0.05, 0.1) is 9.50 Å². The first kappa shape index (κ1) is 19.5. The third kappa shape index (κ3) is 5.63. The zero-order chi connectivity index (χ0) is 19.2. The summed E-state index contributed by atoms with van der Waals surface area (Å²) in [4.78, 5) is 12.1. The first-order valence-electron chi connectivity index (χ1n) is 8.00. The van der Waals surface area contributed by atoms with Crippen molar-refractivity contribution in [2.24, 2.45) is 0 Å². The molecule has 3 aromatic rings. The van der Waals surface area contributed by atoms with Crippen molar-refractivity contribution in [3.8, 4) is 5.75 Å². The lowest BCUT2D eigenvalue weighted by Crippen LogP contribution is -2.20. The molecule has 0 spiro atoms. The van der Waals surface area contributed by atoms with Gasteiger partial charge >= 0.3 is 0 Å². The fraction of sp³-hybridized carbons (Fsp3) is 0.0500. The molecule has 0 aromatic heterocycles. The molecule has 7 heteroatoms. The van der Waals surface area contributed by atoms with Crippen molar-refractivity contribution in [1.82, 2.24) is 0 Å². The Hall–Kier alpha value is -2.21. The van der Waals surface area contributed by atoms with Gasteiger partial charge in [0.2, 0.25) is 0 Å². The molecule has 1 amide bonds. The zero-order valence-corrected chi connectivity index (χ0v) is 17.1. The second-order valence-electron chi connectivity index (χ2n) is 5.60.